The van der Waals surface area contributed by atoms with Gasteiger partial charge in [0.2, 0.25) is 0 Å². The van der Waals surface area contributed by atoms with Crippen LogP contribution in [-0.2, 0) is 0 Å². The van der Waals surface area contributed by atoms with E-state index in [9.17, 15) is 13.6 Å². The van der Waals surface area contributed by atoms with E-state index in [1.807, 2.05) is 0 Å². The fraction of sp³-hybridized carbons (Fsp3) is 0.143. The number of rotatable bonds is 1. The second-order valence-electron chi connectivity index (χ2n) is 4.24. The molecule has 0 saturated carbocycles. The number of benzene rings is 1. The van der Waals surface area contributed by atoms with E-state index in [0.29, 0.717) is 5.69 Å². The van der Waals surface area contributed by atoms with Crippen molar-refractivity contribution in [2.45, 2.75) is 13.8 Å². The largest absolute Gasteiger partial charge is 0.325 e. The van der Waals surface area contributed by atoms with Crippen LogP contribution in [0.15, 0.2) is 23.0 Å². The van der Waals surface area contributed by atoms with Gasteiger partial charge in [0.05, 0.1) is 5.56 Å². The molecular weight excluding hydrogens is 250 g/mol. The van der Waals surface area contributed by atoms with Crippen LogP contribution in [-0.4, -0.2) is 4.98 Å². The quantitative estimate of drug-likeness (QED) is 0.857. The highest BCUT2D eigenvalue weighted by Crippen LogP contribution is 2.29. The lowest BCUT2D eigenvalue weighted by Crippen LogP contribution is -2.13. The molecule has 19 heavy (non-hydrogen) atoms. The van der Waals surface area contributed by atoms with E-state index in [1.54, 1.807) is 13.0 Å². The monoisotopic (exact) mass is 260 g/mol. The molecule has 0 aliphatic heterocycles. The average molecular weight is 260 g/mol. The molecule has 5 heteroatoms. The van der Waals surface area contributed by atoms with Gasteiger partial charge in [0.15, 0.2) is 0 Å². The average Bonchev–Trinajstić information content (AvgIpc) is 2.34. The highest BCUT2D eigenvalue weighted by Gasteiger charge is 2.19. The second kappa shape index (κ2) is 4.65. The van der Waals surface area contributed by atoms with Crippen molar-refractivity contribution in [2.24, 2.45) is 0 Å². The Morgan fingerprint density at radius 2 is 1.95 bits per heavy atom. The summed E-state index contributed by atoms with van der Waals surface area (Å²) in [6, 6.07) is 5.50. The van der Waals surface area contributed by atoms with Crippen LogP contribution in [0.4, 0.5) is 8.78 Å². The number of nitriles is 1. The van der Waals surface area contributed by atoms with Crippen LogP contribution in [0.25, 0.3) is 11.1 Å². The first-order chi connectivity index (χ1) is 8.95. The number of halogens is 2. The summed E-state index contributed by atoms with van der Waals surface area (Å²) < 4.78 is 27.9. The normalized spacial score (nSPS) is 10.3. The van der Waals surface area contributed by atoms with E-state index < -0.39 is 17.2 Å². The number of aromatic nitrogens is 1. The van der Waals surface area contributed by atoms with Gasteiger partial charge in [-0.3, -0.25) is 4.79 Å². The van der Waals surface area contributed by atoms with E-state index in [1.165, 1.54) is 19.1 Å². The minimum Gasteiger partial charge on any atom is -0.325 e. The second-order valence-corrected chi connectivity index (χ2v) is 4.24. The Labute approximate surface area is 108 Å². The lowest BCUT2D eigenvalue weighted by molar-refractivity contribution is 0.583. The fourth-order valence-corrected chi connectivity index (χ4v) is 1.90. The molecule has 0 atom stereocenters. The van der Waals surface area contributed by atoms with Crippen LogP contribution in [0.5, 0.6) is 0 Å². The predicted octanol–water partition coefficient (Wildman–Crippen LogP) is 2.81. The maximum Gasteiger partial charge on any atom is 0.266 e. The Hall–Kier alpha value is -2.48. The molecule has 0 saturated heterocycles. The first kappa shape index (κ1) is 13.0. The van der Waals surface area contributed by atoms with Gasteiger partial charge in [-0.15, -0.1) is 0 Å². The van der Waals surface area contributed by atoms with E-state index >= 15 is 0 Å². The maximum atomic E-state index is 14.1. The lowest BCUT2D eigenvalue weighted by atomic mass is 9.98. The van der Waals surface area contributed by atoms with Crippen LogP contribution >= 0.6 is 0 Å². The van der Waals surface area contributed by atoms with E-state index in [-0.39, 0.29) is 22.3 Å². The number of hydrogen-bond acceptors (Lipinski definition) is 2. The van der Waals surface area contributed by atoms with Gasteiger partial charge in [-0.05, 0) is 31.5 Å². The minimum absolute atomic E-state index is 0.0255. The zero-order valence-electron chi connectivity index (χ0n) is 10.3. The number of aryl methyl sites for hydroxylation is 2. The molecule has 1 N–H and O–H groups in total. The van der Waals surface area contributed by atoms with Crippen LogP contribution in [0.1, 0.15) is 16.8 Å². The zero-order valence-corrected chi connectivity index (χ0v) is 10.3. The standard InChI is InChI=1S/C14H10F2N2O/c1-7-3-4-11(15)12(13(7)16)9-5-8(2)18-14(19)10(9)6-17/h3-5H,1-2H3,(H,18,19). The third-order valence-electron chi connectivity index (χ3n) is 2.83. The van der Waals surface area contributed by atoms with E-state index in [4.69, 9.17) is 5.26 Å². The van der Waals surface area contributed by atoms with Crippen LogP contribution in [0, 0.1) is 36.8 Å². The Balaban J connectivity index is 2.92. The molecule has 0 spiro atoms. The summed E-state index contributed by atoms with van der Waals surface area (Å²) in [5.41, 5.74) is -0.641. The molecule has 0 fully saturated rings. The third kappa shape index (κ3) is 2.13. The molecule has 1 aromatic heterocycles. The molecule has 2 aromatic rings. The smallest absolute Gasteiger partial charge is 0.266 e. The fourth-order valence-electron chi connectivity index (χ4n) is 1.90. The minimum atomic E-state index is -0.801. The number of aromatic amines is 1. The van der Waals surface area contributed by atoms with Crippen molar-refractivity contribution in [1.82, 2.24) is 4.98 Å². The predicted molar refractivity (Wildman–Crippen MR) is 66.6 cm³/mol. The van der Waals surface area contributed by atoms with Crippen LogP contribution in [0.2, 0.25) is 0 Å². The highest BCUT2D eigenvalue weighted by molar-refractivity contribution is 5.72. The summed E-state index contributed by atoms with van der Waals surface area (Å²) in [6.45, 7) is 3.07. The molecule has 3 nitrogen and oxygen atoms in total. The Kier molecular flexibility index (Phi) is 3.17. The van der Waals surface area contributed by atoms with Gasteiger partial charge < -0.3 is 4.98 Å². The van der Waals surface area contributed by atoms with Crippen molar-refractivity contribution in [1.29, 1.82) is 5.26 Å². The molecule has 1 aromatic carbocycles. The Morgan fingerprint density at radius 1 is 1.26 bits per heavy atom. The van der Waals surface area contributed by atoms with Crippen molar-refractivity contribution in [3.63, 3.8) is 0 Å². The van der Waals surface area contributed by atoms with Gasteiger partial charge in [-0.25, -0.2) is 8.78 Å². The van der Waals surface area contributed by atoms with Gasteiger partial charge in [0.1, 0.15) is 23.3 Å². The molecule has 0 radical (unpaired) electrons. The molecule has 0 aliphatic rings. The first-order valence-electron chi connectivity index (χ1n) is 5.54. The SMILES string of the molecule is Cc1cc(-c2c(F)ccc(C)c2F)c(C#N)c(=O)[nH]1. The summed E-state index contributed by atoms with van der Waals surface area (Å²) in [7, 11) is 0. The molecule has 1 heterocycles. The van der Waals surface area contributed by atoms with Crippen molar-refractivity contribution in [3.05, 3.63) is 57.0 Å². The lowest BCUT2D eigenvalue weighted by Gasteiger charge is -2.09. The van der Waals surface area contributed by atoms with Crippen LogP contribution < -0.4 is 5.56 Å². The molecule has 0 amide bonds. The van der Waals surface area contributed by atoms with Gasteiger partial charge in [0.25, 0.3) is 5.56 Å². The Morgan fingerprint density at radius 3 is 2.58 bits per heavy atom. The van der Waals surface area contributed by atoms with Crippen molar-refractivity contribution < 1.29 is 8.78 Å². The topological polar surface area (TPSA) is 56.6 Å². The highest BCUT2D eigenvalue weighted by atomic mass is 19.1. The van der Waals surface area contributed by atoms with Gasteiger partial charge in [0, 0.05) is 11.3 Å². The summed E-state index contributed by atoms with van der Waals surface area (Å²) in [6.07, 6.45) is 0. The molecule has 0 aliphatic carbocycles. The number of hydrogen-bond donors (Lipinski definition) is 1. The van der Waals surface area contributed by atoms with Crippen molar-refractivity contribution >= 4 is 0 Å². The summed E-state index contributed by atoms with van der Waals surface area (Å²) in [4.78, 5) is 14.1. The summed E-state index contributed by atoms with van der Waals surface area (Å²) in [5.74, 6) is -1.56. The summed E-state index contributed by atoms with van der Waals surface area (Å²) in [5, 5.41) is 8.99. The van der Waals surface area contributed by atoms with E-state index in [0.717, 1.165) is 6.07 Å². The van der Waals surface area contributed by atoms with Gasteiger partial charge in [-0.1, -0.05) is 6.07 Å². The molecule has 0 unspecified atom stereocenters. The molecule has 2 rings (SSSR count). The zero-order chi connectivity index (χ0) is 14.2. The molecule has 0 bridgehead atoms. The van der Waals surface area contributed by atoms with Crippen LogP contribution in [0.3, 0.4) is 0 Å². The van der Waals surface area contributed by atoms with Crippen molar-refractivity contribution in [2.75, 3.05) is 0 Å². The van der Waals surface area contributed by atoms with Gasteiger partial charge in [-0.2, -0.15) is 5.26 Å². The molecule has 96 valence electrons. The van der Waals surface area contributed by atoms with Gasteiger partial charge >= 0.3 is 0 Å². The number of H-pyrrole nitrogens is 1. The number of nitrogens with one attached hydrogen (secondary N) is 1. The summed E-state index contributed by atoms with van der Waals surface area (Å²) >= 11 is 0. The van der Waals surface area contributed by atoms with Crippen molar-refractivity contribution in [3.8, 4) is 17.2 Å². The first-order valence-corrected chi connectivity index (χ1v) is 5.54. The number of pyridine rings is 1. The number of nitrogens with zero attached hydrogens (tertiary/aromatic N) is 1. The Bertz CT molecular complexity index is 757. The van der Waals surface area contributed by atoms with E-state index in [2.05, 4.69) is 4.98 Å². The maximum absolute atomic E-state index is 14.1. The molecular formula is C14H10F2N2O. The third-order valence-corrected chi connectivity index (χ3v) is 2.83.